The fourth-order valence-electron chi connectivity index (χ4n) is 2.64. The van der Waals surface area contributed by atoms with Crippen molar-refractivity contribution in [2.75, 3.05) is 16.0 Å². The van der Waals surface area contributed by atoms with Crippen molar-refractivity contribution in [3.8, 4) is 5.69 Å². The molecule has 1 aromatic heterocycles. The summed E-state index contributed by atoms with van der Waals surface area (Å²) in [7, 11) is 0. The van der Waals surface area contributed by atoms with Crippen molar-refractivity contribution in [2.24, 2.45) is 0 Å². The molecule has 0 aliphatic carbocycles. The quantitative estimate of drug-likeness (QED) is 0.635. The number of anilines is 3. The van der Waals surface area contributed by atoms with Gasteiger partial charge < -0.3 is 20.5 Å². The van der Waals surface area contributed by atoms with E-state index in [4.69, 9.17) is 0 Å². The van der Waals surface area contributed by atoms with E-state index in [0.717, 1.165) is 5.69 Å². The number of benzene rings is 2. The summed E-state index contributed by atoms with van der Waals surface area (Å²) in [6, 6.07) is 11.9. The van der Waals surface area contributed by atoms with Crippen LogP contribution in [0.1, 0.15) is 24.2 Å². The second-order valence-corrected chi connectivity index (χ2v) is 6.13. The number of carbonyl (C=O) groups excluding carboxylic acids is 3. The number of carbonyl (C=O) groups is 3. The van der Waals surface area contributed by atoms with Gasteiger partial charge in [0.05, 0.1) is 6.33 Å². The minimum Gasteiger partial charge on any atom is -0.326 e. The summed E-state index contributed by atoms with van der Waals surface area (Å²) in [5.41, 5.74) is 2.66. The van der Waals surface area contributed by atoms with Crippen LogP contribution in [0.15, 0.2) is 61.2 Å². The van der Waals surface area contributed by atoms with E-state index >= 15 is 0 Å². The van der Waals surface area contributed by atoms with Crippen molar-refractivity contribution in [3.63, 3.8) is 0 Å². The highest BCUT2D eigenvalue weighted by atomic mass is 16.2. The molecule has 28 heavy (non-hydrogen) atoms. The van der Waals surface area contributed by atoms with Crippen LogP contribution in [0.5, 0.6) is 0 Å². The fourth-order valence-corrected chi connectivity index (χ4v) is 2.64. The lowest BCUT2D eigenvalue weighted by Crippen LogP contribution is -2.15. The molecule has 0 aliphatic heterocycles. The first-order valence-electron chi connectivity index (χ1n) is 8.51. The summed E-state index contributed by atoms with van der Waals surface area (Å²) in [6.07, 6.45) is 5.19. The summed E-state index contributed by atoms with van der Waals surface area (Å²) in [5.74, 6) is -0.919. The van der Waals surface area contributed by atoms with Gasteiger partial charge >= 0.3 is 0 Å². The van der Waals surface area contributed by atoms with Crippen molar-refractivity contribution in [3.05, 3.63) is 66.7 Å². The van der Waals surface area contributed by atoms with Gasteiger partial charge in [0, 0.05) is 54.6 Å². The van der Waals surface area contributed by atoms with Gasteiger partial charge in [-0.2, -0.15) is 0 Å². The number of hydrogen-bond acceptors (Lipinski definition) is 4. The van der Waals surface area contributed by atoms with Crippen LogP contribution >= 0.6 is 0 Å². The summed E-state index contributed by atoms with van der Waals surface area (Å²) in [6.45, 7) is 2.74. The Hall–Kier alpha value is -3.94. The van der Waals surface area contributed by atoms with Gasteiger partial charge in [0.15, 0.2) is 0 Å². The Morgan fingerprint density at radius 2 is 1.43 bits per heavy atom. The maximum absolute atomic E-state index is 12.7. The number of nitrogens with one attached hydrogen (secondary N) is 3. The minimum absolute atomic E-state index is 0.276. The standard InChI is InChI=1S/C20H19N5O3/c1-13(26)22-17-9-15(10-18(11-17)23-14(2)27)20(28)24-16-3-5-19(6-4-16)25-8-7-21-12-25/h3-12H,1-2H3,(H,22,26)(H,23,27)(H,24,28). The lowest BCUT2D eigenvalue weighted by molar-refractivity contribution is -0.115. The largest absolute Gasteiger partial charge is 0.326 e. The van der Waals surface area contributed by atoms with E-state index in [2.05, 4.69) is 20.9 Å². The van der Waals surface area contributed by atoms with Crippen LogP contribution in [-0.4, -0.2) is 27.3 Å². The predicted molar refractivity (Wildman–Crippen MR) is 107 cm³/mol. The second-order valence-electron chi connectivity index (χ2n) is 6.13. The van der Waals surface area contributed by atoms with Crippen LogP contribution < -0.4 is 16.0 Å². The molecular weight excluding hydrogens is 358 g/mol. The number of nitrogens with zero attached hydrogens (tertiary/aromatic N) is 2. The Balaban J connectivity index is 1.80. The van der Waals surface area contributed by atoms with Crippen LogP contribution in [0.3, 0.4) is 0 Å². The van der Waals surface area contributed by atoms with Gasteiger partial charge in [-0.1, -0.05) is 0 Å². The monoisotopic (exact) mass is 377 g/mol. The first-order chi connectivity index (χ1) is 13.4. The zero-order valence-electron chi connectivity index (χ0n) is 15.4. The van der Waals surface area contributed by atoms with Gasteiger partial charge in [-0.3, -0.25) is 14.4 Å². The Morgan fingerprint density at radius 1 is 0.821 bits per heavy atom. The van der Waals surface area contributed by atoms with Crippen molar-refractivity contribution in [1.29, 1.82) is 0 Å². The van der Waals surface area contributed by atoms with Crippen LogP contribution in [-0.2, 0) is 9.59 Å². The number of imidazole rings is 1. The van der Waals surface area contributed by atoms with Gasteiger partial charge in [-0.25, -0.2) is 4.98 Å². The molecular formula is C20H19N5O3. The van der Waals surface area contributed by atoms with E-state index in [0.29, 0.717) is 22.6 Å². The fraction of sp³-hybridized carbons (Fsp3) is 0.100. The molecule has 8 heteroatoms. The Bertz CT molecular complexity index is 977. The highest BCUT2D eigenvalue weighted by molar-refractivity contribution is 6.06. The summed E-state index contributed by atoms with van der Waals surface area (Å²) < 4.78 is 1.85. The number of hydrogen-bond donors (Lipinski definition) is 3. The van der Waals surface area contributed by atoms with Crippen molar-refractivity contribution in [2.45, 2.75) is 13.8 Å². The Kier molecular flexibility index (Phi) is 5.50. The lowest BCUT2D eigenvalue weighted by atomic mass is 10.1. The van der Waals surface area contributed by atoms with E-state index < -0.39 is 0 Å². The van der Waals surface area contributed by atoms with E-state index in [1.54, 1.807) is 42.9 Å². The van der Waals surface area contributed by atoms with Crippen molar-refractivity contribution < 1.29 is 14.4 Å². The molecule has 2 aromatic carbocycles. The summed E-state index contributed by atoms with van der Waals surface area (Å²) in [4.78, 5) is 39.3. The molecule has 0 atom stereocenters. The molecule has 3 aromatic rings. The van der Waals surface area contributed by atoms with Gasteiger partial charge in [0.25, 0.3) is 5.91 Å². The topological polar surface area (TPSA) is 105 Å². The number of amides is 3. The van der Waals surface area contributed by atoms with E-state index in [1.807, 2.05) is 22.9 Å². The maximum Gasteiger partial charge on any atom is 0.255 e. The third kappa shape index (κ3) is 4.82. The number of rotatable bonds is 5. The summed E-state index contributed by atoms with van der Waals surface area (Å²) >= 11 is 0. The second kappa shape index (κ2) is 8.17. The smallest absolute Gasteiger partial charge is 0.255 e. The average Bonchev–Trinajstić information content (AvgIpc) is 3.15. The van der Waals surface area contributed by atoms with Crippen molar-refractivity contribution in [1.82, 2.24) is 9.55 Å². The van der Waals surface area contributed by atoms with Gasteiger partial charge in [-0.05, 0) is 42.5 Å². The number of aromatic nitrogens is 2. The van der Waals surface area contributed by atoms with Gasteiger partial charge in [-0.15, -0.1) is 0 Å². The highest BCUT2D eigenvalue weighted by Crippen LogP contribution is 2.21. The predicted octanol–water partition coefficient (Wildman–Crippen LogP) is 3.04. The molecule has 0 bridgehead atoms. The average molecular weight is 377 g/mol. The van der Waals surface area contributed by atoms with E-state index in [9.17, 15) is 14.4 Å². The molecule has 0 saturated heterocycles. The van der Waals surface area contributed by atoms with E-state index in [-0.39, 0.29) is 17.7 Å². The molecule has 3 rings (SSSR count). The first kappa shape index (κ1) is 18.8. The maximum atomic E-state index is 12.7. The zero-order valence-corrected chi connectivity index (χ0v) is 15.4. The molecule has 1 heterocycles. The van der Waals surface area contributed by atoms with E-state index in [1.165, 1.54) is 13.8 Å². The normalized spacial score (nSPS) is 10.2. The highest BCUT2D eigenvalue weighted by Gasteiger charge is 2.11. The zero-order chi connectivity index (χ0) is 20.1. The Morgan fingerprint density at radius 3 is 1.93 bits per heavy atom. The summed E-state index contributed by atoms with van der Waals surface area (Å²) in [5, 5.41) is 8.05. The van der Waals surface area contributed by atoms with Crippen molar-refractivity contribution >= 4 is 34.8 Å². The molecule has 0 radical (unpaired) electrons. The minimum atomic E-state index is -0.366. The molecule has 0 unspecified atom stereocenters. The lowest BCUT2D eigenvalue weighted by Gasteiger charge is -2.11. The van der Waals surface area contributed by atoms with Gasteiger partial charge in [0.1, 0.15) is 0 Å². The first-order valence-corrected chi connectivity index (χ1v) is 8.51. The van der Waals surface area contributed by atoms with Crippen LogP contribution in [0.25, 0.3) is 5.69 Å². The van der Waals surface area contributed by atoms with Gasteiger partial charge in [0.2, 0.25) is 11.8 Å². The molecule has 0 fully saturated rings. The molecule has 8 nitrogen and oxygen atoms in total. The third-order valence-electron chi connectivity index (χ3n) is 3.76. The van der Waals surface area contributed by atoms with Crippen LogP contribution in [0.4, 0.5) is 17.1 Å². The molecule has 0 saturated carbocycles. The SMILES string of the molecule is CC(=O)Nc1cc(NC(C)=O)cc(C(=O)Nc2ccc(-n3ccnc3)cc2)c1. The molecule has 0 aliphatic rings. The Labute approximate surface area is 161 Å². The van der Waals surface area contributed by atoms with Crippen LogP contribution in [0.2, 0.25) is 0 Å². The van der Waals surface area contributed by atoms with Crippen LogP contribution in [0, 0.1) is 0 Å². The third-order valence-corrected chi connectivity index (χ3v) is 3.76. The molecule has 142 valence electrons. The molecule has 0 spiro atoms. The molecule has 3 N–H and O–H groups in total. The molecule has 3 amide bonds.